The van der Waals surface area contributed by atoms with Crippen LogP contribution >= 0.6 is 0 Å². The highest BCUT2D eigenvalue weighted by Gasteiger charge is 2.56. The third kappa shape index (κ3) is 3.60. The molecule has 2 aromatic rings. The van der Waals surface area contributed by atoms with Crippen LogP contribution in [0.25, 0.3) is 0 Å². The van der Waals surface area contributed by atoms with Gasteiger partial charge in [0.25, 0.3) is 5.91 Å². The Balaban J connectivity index is 1.42. The third-order valence-corrected chi connectivity index (χ3v) is 6.99. The number of imide groups is 1. The van der Waals surface area contributed by atoms with Crippen LogP contribution in [-0.2, 0) is 17.9 Å². The van der Waals surface area contributed by atoms with E-state index in [-0.39, 0.29) is 30.4 Å². The largest absolute Gasteiger partial charge is 0.328 e. The molecular formula is C25H31N5O2. The first kappa shape index (κ1) is 21.1. The molecular weight excluding hydrogens is 402 g/mol. The molecule has 0 aromatic heterocycles. The molecule has 32 heavy (non-hydrogen) atoms. The summed E-state index contributed by atoms with van der Waals surface area (Å²) in [6.45, 7) is 7.13. The van der Waals surface area contributed by atoms with E-state index in [9.17, 15) is 9.59 Å². The molecule has 0 aliphatic carbocycles. The van der Waals surface area contributed by atoms with Crippen LogP contribution in [0, 0.1) is 12.8 Å². The van der Waals surface area contributed by atoms with E-state index in [1.807, 2.05) is 37.3 Å². The number of fused-ring (bicyclic) bond motifs is 3. The number of carbonyl (C=O) groups excluding carboxylic acids is 2. The maximum atomic E-state index is 13.7. The molecule has 0 saturated carbocycles. The van der Waals surface area contributed by atoms with Crippen molar-refractivity contribution in [1.82, 2.24) is 24.9 Å². The van der Waals surface area contributed by atoms with Gasteiger partial charge in [-0.05, 0) is 29.5 Å². The molecule has 0 bridgehead atoms. The summed E-state index contributed by atoms with van der Waals surface area (Å²) in [6, 6.07) is 17.7. The summed E-state index contributed by atoms with van der Waals surface area (Å²) in [4.78, 5) is 34.7. The summed E-state index contributed by atoms with van der Waals surface area (Å²) in [7, 11) is 1.80. The fourth-order valence-corrected chi connectivity index (χ4v) is 5.36. The van der Waals surface area contributed by atoms with Crippen molar-refractivity contribution in [2.75, 3.05) is 20.1 Å². The number of carbonyl (C=O) groups is 2. The molecule has 168 valence electrons. The Kier molecular flexibility index (Phi) is 5.49. The van der Waals surface area contributed by atoms with Crippen molar-refractivity contribution in [2.24, 2.45) is 5.92 Å². The number of hydrogen-bond acceptors (Lipinski definition) is 5. The Labute approximate surface area is 189 Å². The summed E-state index contributed by atoms with van der Waals surface area (Å²) in [6.07, 6.45) is -0.393. The first-order valence-electron chi connectivity index (χ1n) is 11.4. The summed E-state index contributed by atoms with van der Waals surface area (Å²) >= 11 is 0. The first-order chi connectivity index (χ1) is 15.4. The van der Waals surface area contributed by atoms with Gasteiger partial charge in [0.1, 0.15) is 18.5 Å². The van der Waals surface area contributed by atoms with Crippen molar-refractivity contribution in [1.29, 1.82) is 0 Å². The van der Waals surface area contributed by atoms with Crippen molar-refractivity contribution in [3.63, 3.8) is 0 Å². The van der Waals surface area contributed by atoms with Gasteiger partial charge in [-0.3, -0.25) is 24.8 Å². The second-order valence-corrected chi connectivity index (χ2v) is 9.39. The fourth-order valence-electron chi connectivity index (χ4n) is 5.36. The van der Waals surface area contributed by atoms with Crippen molar-refractivity contribution in [3.8, 4) is 0 Å². The summed E-state index contributed by atoms with van der Waals surface area (Å²) in [5.74, 6) is 0.321. The minimum atomic E-state index is -0.382. The van der Waals surface area contributed by atoms with Gasteiger partial charge >= 0.3 is 6.03 Å². The van der Waals surface area contributed by atoms with Gasteiger partial charge < -0.3 is 4.90 Å². The summed E-state index contributed by atoms with van der Waals surface area (Å²) < 4.78 is 0. The molecule has 5 rings (SSSR count). The predicted molar refractivity (Wildman–Crippen MR) is 122 cm³/mol. The number of benzene rings is 2. The van der Waals surface area contributed by atoms with Gasteiger partial charge in [0.05, 0.1) is 6.54 Å². The summed E-state index contributed by atoms with van der Waals surface area (Å²) in [5, 5.41) is 3.60. The quantitative estimate of drug-likeness (QED) is 0.803. The Morgan fingerprint density at radius 3 is 2.44 bits per heavy atom. The molecule has 4 unspecified atom stereocenters. The Morgan fingerprint density at radius 1 is 0.969 bits per heavy atom. The smallest absolute Gasteiger partial charge is 0.310 e. The standard InChI is InChI=1S/C25H31N5O2/c1-17-13-28(15-19-10-5-4-6-11-19)24-26-22-21(29(24)14-17)23(31)30(25(32)27(22)3)16-20-12-8-7-9-18(20)2/h4-12,17,21-22,24,26H,13-16H2,1-3H3. The van der Waals surface area contributed by atoms with Crippen LogP contribution < -0.4 is 5.32 Å². The van der Waals surface area contributed by atoms with Crippen molar-refractivity contribution < 1.29 is 9.59 Å². The van der Waals surface area contributed by atoms with Gasteiger partial charge in [0.15, 0.2) is 0 Å². The highest BCUT2D eigenvalue weighted by Crippen LogP contribution is 2.33. The molecule has 3 aliphatic heterocycles. The molecule has 2 aromatic carbocycles. The molecule has 7 heteroatoms. The van der Waals surface area contributed by atoms with Crippen LogP contribution in [0.4, 0.5) is 4.79 Å². The van der Waals surface area contributed by atoms with Crippen molar-refractivity contribution in [2.45, 2.75) is 45.4 Å². The molecule has 1 N–H and O–H groups in total. The maximum Gasteiger partial charge on any atom is 0.328 e. The van der Waals surface area contributed by atoms with Gasteiger partial charge in [0.2, 0.25) is 0 Å². The molecule has 0 radical (unpaired) electrons. The third-order valence-electron chi connectivity index (χ3n) is 6.99. The van der Waals surface area contributed by atoms with Gasteiger partial charge in [0, 0.05) is 26.7 Å². The minimum Gasteiger partial charge on any atom is -0.310 e. The Morgan fingerprint density at radius 2 is 1.69 bits per heavy atom. The van der Waals surface area contributed by atoms with E-state index in [0.717, 1.165) is 30.8 Å². The Hall–Kier alpha value is -2.74. The van der Waals surface area contributed by atoms with Crippen LogP contribution in [0.1, 0.15) is 23.6 Å². The number of nitrogens with one attached hydrogen (secondary N) is 1. The molecule has 0 spiro atoms. The van der Waals surface area contributed by atoms with Crippen molar-refractivity contribution >= 4 is 11.9 Å². The SMILES string of the molecule is Cc1ccccc1CN1C(=O)C2C(NC3N(Cc4ccccc4)CC(C)CN23)N(C)C1=O. The molecule has 3 fully saturated rings. The van der Waals surface area contributed by atoms with Gasteiger partial charge in [-0.2, -0.15) is 0 Å². The zero-order valence-electron chi connectivity index (χ0n) is 18.9. The van der Waals surface area contributed by atoms with Gasteiger partial charge in [-0.15, -0.1) is 0 Å². The van der Waals surface area contributed by atoms with E-state index in [2.05, 4.69) is 46.3 Å². The fraction of sp³-hybridized carbons (Fsp3) is 0.440. The number of amides is 3. The second kappa shape index (κ2) is 8.31. The van der Waals surface area contributed by atoms with E-state index < -0.39 is 0 Å². The second-order valence-electron chi connectivity index (χ2n) is 9.39. The van der Waals surface area contributed by atoms with Gasteiger partial charge in [-0.1, -0.05) is 61.5 Å². The van der Waals surface area contributed by atoms with Crippen LogP contribution in [0.5, 0.6) is 0 Å². The van der Waals surface area contributed by atoms with E-state index in [4.69, 9.17) is 0 Å². The molecule has 3 heterocycles. The molecule has 4 atom stereocenters. The Bertz CT molecular complexity index is 1010. The molecule has 7 nitrogen and oxygen atoms in total. The number of likely N-dealkylation sites (N-methyl/N-ethyl adjacent to an activating group) is 1. The summed E-state index contributed by atoms with van der Waals surface area (Å²) in [5.41, 5.74) is 3.33. The topological polar surface area (TPSA) is 59.1 Å². The van der Waals surface area contributed by atoms with Crippen molar-refractivity contribution in [3.05, 3.63) is 71.3 Å². The van der Waals surface area contributed by atoms with Gasteiger partial charge in [-0.25, -0.2) is 4.79 Å². The highest BCUT2D eigenvalue weighted by molar-refractivity contribution is 6.00. The van der Waals surface area contributed by atoms with Crippen LogP contribution in [-0.4, -0.2) is 70.2 Å². The number of aryl methyl sites for hydroxylation is 1. The zero-order valence-corrected chi connectivity index (χ0v) is 18.9. The average Bonchev–Trinajstić information content (AvgIpc) is 3.17. The van der Waals surface area contributed by atoms with E-state index >= 15 is 0 Å². The van der Waals surface area contributed by atoms with E-state index in [0.29, 0.717) is 12.5 Å². The number of hydrogen-bond donors (Lipinski definition) is 1. The lowest BCUT2D eigenvalue weighted by Gasteiger charge is -2.45. The van der Waals surface area contributed by atoms with Crippen LogP contribution in [0.15, 0.2) is 54.6 Å². The maximum absolute atomic E-state index is 13.7. The van der Waals surface area contributed by atoms with E-state index in [1.54, 1.807) is 11.9 Å². The number of urea groups is 1. The average molecular weight is 434 g/mol. The zero-order chi connectivity index (χ0) is 22.4. The van der Waals surface area contributed by atoms with Crippen LogP contribution in [0.3, 0.4) is 0 Å². The predicted octanol–water partition coefficient (Wildman–Crippen LogP) is 2.42. The molecule has 3 aliphatic rings. The normalized spacial score (nSPS) is 28.7. The first-order valence-corrected chi connectivity index (χ1v) is 11.4. The minimum absolute atomic E-state index is 0.0704. The number of rotatable bonds is 4. The lowest BCUT2D eigenvalue weighted by atomic mass is 10.0. The molecule has 3 amide bonds. The van der Waals surface area contributed by atoms with Crippen LogP contribution in [0.2, 0.25) is 0 Å². The monoisotopic (exact) mass is 433 g/mol. The lowest BCUT2D eigenvalue weighted by molar-refractivity contribution is -0.141. The molecule has 3 saturated heterocycles. The lowest BCUT2D eigenvalue weighted by Crippen LogP contribution is -2.66. The van der Waals surface area contributed by atoms with E-state index in [1.165, 1.54) is 10.5 Å². The number of nitrogens with zero attached hydrogens (tertiary/aromatic N) is 4. The highest BCUT2D eigenvalue weighted by atomic mass is 16.2.